The van der Waals surface area contributed by atoms with Crippen LogP contribution in [0.2, 0.25) is 0 Å². The first kappa shape index (κ1) is 21.1. The van der Waals surface area contributed by atoms with E-state index in [4.69, 9.17) is 0 Å². The number of benzene rings is 2. The van der Waals surface area contributed by atoms with Crippen molar-refractivity contribution in [2.45, 2.75) is 11.1 Å². The van der Waals surface area contributed by atoms with Crippen LogP contribution < -0.4 is 5.32 Å². The number of rotatable bonds is 6. The summed E-state index contributed by atoms with van der Waals surface area (Å²) in [4.78, 5) is 16.6. The topological polar surface area (TPSA) is 84.3 Å². The molecule has 1 atom stereocenters. The van der Waals surface area contributed by atoms with Crippen molar-refractivity contribution in [2.24, 2.45) is 13.0 Å². The molecule has 1 amide bonds. The summed E-state index contributed by atoms with van der Waals surface area (Å²) in [5.41, 5.74) is 0.0493. The summed E-state index contributed by atoms with van der Waals surface area (Å²) in [5.74, 6) is -3.09. The number of hydrogen-bond acceptors (Lipinski definition) is 4. The lowest BCUT2D eigenvalue weighted by atomic mass is 9.88. The van der Waals surface area contributed by atoms with Crippen molar-refractivity contribution in [3.8, 4) is 0 Å². The number of nitrogens with zero attached hydrogens (tertiary/aromatic N) is 3. The summed E-state index contributed by atoms with van der Waals surface area (Å²) >= 11 is 0. The zero-order valence-corrected chi connectivity index (χ0v) is 17.4. The number of halogens is 2. The average Bonchev–Trinajstić information content (AvgIpc) is 3.14. The van der Waals surface area contributed by atoms with Crippen molar-refractivity contribution in [3.05, 3.63) is 83.8 Å². The van der Waals surface area contributed by atoms with E-state index in [-0.39, 0.29) is 24.0 Å². The maximum absolute atomic E-state index is 14.1. The predicted octanol–water partition coefficient (Wildman–Crippen LogP) is 2.49. The number of hydrogen-bond donors (Lipinski definition) is 1. The van der Waals surface area contributed by atoms with Crippen LogP contribution in [-0.4, -0.2) is 41.3 Å². The molecule has 2 aromatic carbocycles. The van der Waals surface area contributed by atoms with Gasteiger partial charge in [-0.1, -0.05) is 36.4 Å². The Hall–Kier alpha value is -3.11. The van der Waals surface area contributed by atoms with Gasteiger partial charge in [0, 0.05) is 32.3 Å². The highest BCUT2D eigenvalue weighted by Crippen LogP contribution is 2.34. The first-order valence-corrected chi connectivity index (χ1v) is 11.0. The van der Waals surface area contributed by atoms with E-state index in [1.807, 2.05) is 0 Å². The summed E-state index contributed by atoms with van der Waals surface area (Å²) in [6, 6.07) is 11.5. The molecule has 0 aliphatic carbocycles. The first-order valence-electron chi connectivity index (χ1n) is 9.55. The van der Waals surface area contributed by atoms with Crippen LogP contribution in [-0.2, 0) is 17.1 Å². The molecule has 1 unspecified atom stereocenters. The maximum atomic E-state index is 14.1. The molecule has 1 aliphatic heterocycles. The third-order valence-corrected chi connectivity index (χ3v) is 6.99. The van der Waals surface area contributed by atoms with Gasteiger partial charge in [0.25, 0.3) is 15.9 Å². The Morgan fingerprint density at radius 3 is 2.32 bits per heavy atom. The lowest BCUT2D eigenvalue weighted by Gasteiger charge is -2.42. The number of carbonyl (C=O) groups is 1. The molecule has 1 fully saturated rings. The second kappa shape index (κ2) is 8.20. The molecule has 162 valence electrons. The molecule has 0 spiro atoms. The third-order valence-electron chi connectivity index (χ3n) is 5.27. The van der Waals surface area contributed by atoms with Gasteiger partial charge in [-0.25, -0.2) is 22.2 Å². The molecule has 3 aromatic rings. The standard InChI is InChI=1S/C21H20F2N4O3S/c1-26-12-18(24-13-26)31(29,30)27-10-15(11-27)20(14-6-3-2-4-7-14)25-21(28)19-16(22)8-5-9-17(19)23/h2-9,12-13,15,20H,10-11H2,1H3,(H,25,28). The zero-order chi connectivity index (χ0) is 22.2. The first-order chi connectivity index (χ1) is 14.8. The molecular weight excluding hydrogens is 426 g/mol. The van der Waals surface area contributed by atoms with Crippen LogP contribution >= 0.6 is 0 Å². The predicted molar refractivity (Wildman–Crippen MR) is 108 cm³/mol. The van der Waals surface area contributed by atoms with E-state index in [9.17, 15) is 22.0 Å². The number of nitrogens with one attached hydrogen (secondary N) is 1. The third kappa shape index (κ3) is 4.08. The SMILES string of the molecule is Cn1cnc(S(=O)(=O)N2CC(C(NC(=O)c3c(F)cccc3F)c3ccccc3)C2)c1. The summed E-state index contributed by atoms with van der Waals surface area (Å²) < 4.78 is 56.4. The molecule has 1 saturated heterocycles. The van der Waals surface area contributed by atoms with E-state index in [1.54, 1.807) is 41.9 Å². The molecule has 1 N–H and O–H groups in total. The number of carbonyl (C=O) groups excluding carboxylic acids is 1. The van der Waals surface area contributed by atoms with Crippen LogP contribution in [0.1, 0.15) is 22.0 Å². The average molecular weight is 446 g/mol. The van der Waals surface area contributed by atoms with Crippen molar-refractivity contribution >= 4 is 15.9 Å². The van der Waals surface area contributed by atoms with Crippen molar-refractivity contribution in [2.75, 3.05) is 13.1 Å². The number of sulfonamides is 1. The monoisotopic (exact) mass is 446 g/mol. The van der Waals surface area contributed by atoms with Gasteiger partial charge in [0.1, 0.15) is 17.2 Å². The Balaban J connectivity index is 1.56. The van der Waals surface area contributed by atoms with E-state index in [2.05, 4.69) is 10.3 Å². The molecule has 2 heterocycles. The molecule has 1 aromatic heterocycles. The minimum absolute atomic E-state index is 0.0535. The molecule has 10 heteroatoms. The van der Waals surface area contributed by atoms with Crippen LogP contribution in [0, 0.1) is 17.6 Å². The smallest absolute Gasteiger partial charge is 0.262 e. The molecule has 0 saturated carbocycles. The van der Waals surface area contributed by atoms with Gasteiger partial charge >= 0.3 is 0 Å². The molecule has 31 heavy (non-hydrogen) atoms. The highest BCUT2D eigenvalue weighted by Gasteiger charge is 2.42. The fraction of sp³-hybridized carbons (Fsp3) is 0.238. The fourth-order valence-corrected chi connectivity index (χ4v) is 5.11. The van der Waals surface area contributed by atoms with Gasteiger partial charge in [-0.2, -0.15) is 4.31 Å². The van der Waals surface area contributed by atoms with Gasteiger partial charge < -0.3 is 9.88 Å². The highest BCUT2D eigenvalue weighted by atomic mass is 32.2. The number of aromatic nitrogens is 2. The molecular formula is C21H20F2N4O3S. The van der Waals surface area contributed by atoms with Crippen LogP contribution in [0.3, 0.4) is 0 Å². The molecule has 0 bridgehead atoms. The Bertz CT molecular complexity index is 1190. The van der Waals surface area contributed by atoms with Crippen LogP contribution in [0.5, 0.6) is 0 Å². The van der Waals surface area contributed by atoms with Gasteiger partial charge in [0.05, 0.1) is 12.4 Å². The summed E-state index contributed by atoms with van der Waals surface area (Å²) in [5, 5.41) is 2.64. The van der Waals surface area contributed by atoms with Gasteiger partial charge in [0.2, 0.25) is 0 Å². The largest absolute Gasteiger partial charge is 0.345 e. The van der Waals surface area contributed by atoms with Crippen molar-refractivity contribution in [1.29, 1.82) is 0 Å². The molecule has 4 rings (SSSR count). The lowest BCUT2D eigenvalue weighted by molar-refractivity contribution is 0.0863. The molecule has 0 radical (unpaired) electrons. The second-order valence-electron chi connectivity index (χ2n) is 7.42. The maximum Gasteiger partial charge on any atom is 0.262 e. The van der Waals surface area contributed by atoms with Crippen LogP contribution in [0.25, 0.3) is 0 Å². The minimum Gasteiger partial charge on any atom is -0.345 e. The fourth-order valence-electron chi connectivity index (χ4n) is 3.59. The minimum atomic E-state index is -3.76. The van der Waals surface area contributed by atoms with Gasteiger partial charge in [-0.15, -0.1) is 0 Å². The normalized spacial score (nSPS) is 16.0. The molecule has 7 nitrogen and oxygen atoms in total. The molecule has 1 aliphatic rings. The van der Waals surface area contributed by atoms with Crippen molar-refractivity contribution in [3.63, 3.8) is 0 Å². The summed E-state index contributed by atoms with van der Waals surface area (Å²) in [6.07, 6.45) is 2.82. The van der Waals surface area contributed by atoms with E-state index in [0.717, 1.165) is 12.1 Å². The van der Waals surface area contributed by atoms with Crippen LogP contribution in [0.4, 0.5) is 8.78 Å². The summed E-state index contributed by atoms with van der Waals surface area (Å²) in [7, 11) is -2.08. The van der Waals surface area contributed by atoms with Crippen LogP contribution in [0.15, 0.2) is 66.1 Å². The number of aryl methyl sites for hydroxylation is 1. The van der Waals surface area contributed by atoms with Crippen molar-refractivity contribution in [1.82, 2.24) is 19.2 Å². The Morgan fingerprint density at radius 2 is 1.74 bits per heavy atom. The van der Waals surface area contributed by atoms with E-state index < -0.39 is 39.2 Å². The Morgan fingerprint density at radius 1 is 1.10 bits per heavy atom. The van der Waals surface area contributed by atoms with E-state index in [1.165, 1.54) is 22.9 Å². The second-order valence-corrected chi connectivity index (χ2v) is 9.30. The summed E-state index contributed by atoms with van der Waals surface area (Å²) in [6.45, 7) is 0.275. The van der Waals surface area contributed by atoms with Gasteiger partial charge in [-0.05, 0) is 17.7 Å². The quantitative estimate of drug-likeness (QED) is 0.631. The number of amides is 1. The highest BCUT2D eigenvalue weighted by molar-refractivity contribution is 7.89. The van der Waals surface area contributed by atoms with Crippen molar-refractivity contribution < 1.29 is 22.0 Å². The van der Waals surface area contributed by atoms with Gasteiger partial charge in [-0.3, -0.25) is 4.79 Å². The Kier molecular flexibility index (Phi) is 5.59. The van der Waals surface area contributed by atoms with E-state index >= 15 is 0 Å². The van der Waals surface area contributed by atoms with E-state index in [0.29, 0.717) is 5.56 Å². The number of imidazole rings is 1. The zero-order valence-electron chi connectivity index (χ0n) is 16.6. The Labute approximate surface area is 178 Å². The lowest BCUT2D eigenvalue weighted by Crippen LogP contribution is -2.55. The van der Waals surface area contributed by atoms with Gasteiger partial charge in [0.15, 0.2) is 5.03 Å².